The molecule has 1 saturated heterocycles. The van der Waals surface area contributed by atoms with Crippen molar-refractivity contribution in [2.45, 2.75) is 75.5 Å². The van der Waals surface area contributed by atoms with Gasteiger partial charge in [0.2, 0.25) is 5.91 Å². The quantitative estimate of drug-likeness (QED) is 0.251. The lowest BCUT2D eigenvalue weighted by atomic mass is 9.91. The average Bonchev–Trinajstić information content (AvgIpc) is 3.53. The van der Waals surface area contributed by atoms with Gasteiger partial charge in [-0.3, -0.25) is 14.4 Å². The second-order valence-corrected chi connectivity index (χ2v) is 14.4. The summed E-state index contributed by atoms with van der Waals surface area (Å²) in [5.41, 5.74) is 2.56. The van der Waals surface area contributed by atoms with E-state index in [2.05, 4.69) is 10.6 Å². The number of fused-ring (bicyclic) bond motifs is 1. The van der Waals surface area contributed by atoms with Crippen LogP contribution in [0.15, 0.2) is 72.8 Å². The maximum atomic E-state index is 14.3. The molecule has 46 heavy (non-hydrogen) atoms. The number of nitrogens with zero attached hydrogens (tertiary/aromatic N) is 1. The van der Waals surface area contributed by atoms with E-state index in [0.717, 1.165) is 27.8 Å². The molecule has 0 spiro atoms. The number of ether oxygens (including phenoxy) is 1. The average molecular weight is 646 g/mol. The van der Waals surface area contributed by atoms with Gasteiger partial charge in [0.05, 0.1) is 24.6 Å². The molecular formula is C36H43N3O6S. The van der Waals surface area contributed by atoms with E-state index in [0.29, 0.717) is 18.6 Å². The first-order valence-electron chi connectivity index (χ1n) is 15.6. The van der Waals surface area contributed by atoms with Crippen LogP contribution in [0.25, 0.3) is 0 Å². The molecule has 0 bridgehead atoms. The van der Waals surface area contributed by atoms with Gasteiger partial charge in [-0.2, -0.15) is 0 Å². The highest BCUT2D eigenvalue weighted by Gasteiger charge is 2.53. The maximum Gasteiger partial charge on any atom is 0.258 e. The number of carbonyl (C=O) groups excluding carboxylic acids is 3. The molecular weight excluding hydrogens is 602 g/mol. The van der Waals surface area contributed by atoms with Crippen LogP contribution in [0.5, 0.6) is 5.75 Å². The molecule has 4 atom stereocenters. The van der Waals surface area contributed by atoms with Crippen molar-refractivity contribution in [3.63, 3.8) is 0 Å². The number of aliphatic hydroxyl groups is 2. The molecule has 1 aliphatic carbocycles. The van der Waals surface area contributed by atoms with Gasteiger partial charge in [0.25, 0.3) is 11.8 Å². The smallest absolute Gasteiger partial charge is 0.258 e. The third-order valence-corrected chi connectivity index (χ3v) is 10.3. The number of hydrogen-bond acceptors (Lipinski definition) is 7. The van der Waals surface area contributed by atoms with E-state index in [4.69, 9.17) is 4.74 Å². The van der Waals surface area contributed by atoms with E-state index in [1.54, 1.807) is 0 Å². The number of hydrogen-bond donors (Lipinski definition) is 4. The van der Waals surface area contributed by atoms with E-state index in [9.17, 15) is 24.6 Å². The Hall–Kier alpha value is -3.86. The summed E-state index contributed by atoms with van der Waals surface area (Å²) in [6, 6.07) is 21.3. The first-order chi connectivity index (χ1) is 21.9. The van der Waals surface area contributed by atoms with Crippen LogP contribution >= 0.6 is 11.8 Å². The van der Waals surface area contributed by atoms with Crippen LogP contribution in [-0.4, -0.2) is 74.4 Å². The maximum absolute atomic E-state index is 14.3. The topological polar surface area (TPSA) is 128 Å². The van der Waals surface area contributed by atoms with Crippen LogP contribution in [0.4, 0.5) is 0 Å². The summed E-state index contributed by atoms with van der Waals surface area (Å²) in [6.07, 6.45) is 0.0489. The minimum atomic E-state index is -2.00. The fourth-order valence-electron chi connectivity index (χ4n) is 6.37. The molecule has 1 heterocycles. The zero-order valence-corrected chi connectivity index (χ0v) is 27.6. The third kappa shape index (κ3) is 7.24. The molecule has 9 nitrogen and oxygen atoms in total. The minimum absolute atomic E-state index is 0.0263. The van der Waals surface area contributed by atoms with Crippen molar-refractivity contribution >= 4 is 29.5 Å². The molecule has 10 heteroatoms. The predicted molar refractivity (Wildman–Crippen MR) is 178 cm³/mol. The van der Waals surface area contributed by atoms with Crippen LogP contribution in [0, 0.1) is 13.8 Å². The highest BCUT2D eigenvalue weighted by Crippen LogP contribution is 2.41. The summed E-state index contributed by atoms with van der Waals surface area (Å²) < 4.78 is 5.12. The molecule has 0 aromatic heterocycles. The molecule has 3 amide bonds. The third-order valence-electron chi connectivity index (χ3n) is 8.96. The Labute approximate surface area is 274 Å². The van der Waals surface area contributed by atoms with Gasteiger partial charge in [-0.1, -0.05) is 72.8 Å². The second kappa shape index (κ2) is 13.9. The van der Waals surface area contributed by atoms with Crippen molar-refractivity contribution in [2.24, 2.45) is 0 Å². The van der Waals surface area contributed by atoms with Gasteiger partial charge in [-0.15, -0.1) is 11.8 Å². The van der Waals surface area contributed by atoms with Crippen LogP contribution in [-0.2, 0) is 27.2 Å². The highest BCUT2D eigenvalue weighted by atomic mass is 32.2. The second-order valence-electron chi connectivity index (χ2n) is 12.8. The van der Waals surface area contributed by atoms with Crippen molar-refractivity contribution in [1.82, 2.24) is 15.5 Å². The van der Waals surface area contributed by atoms with Gasteiger partial charge in [0.1, 0.15) is 11.8 Å². The van der Waals surface area contributed by atoms with E-state index in [1.807, 2.05) is 100 Å². The Morgan fingerprint density at radius 3 is 2.39 bits per heavy atom. The number of carbonyl (C=O) groups is 3. The number of rotatable bonds is 11. The fourth-order valence-corrected chi connectivity index (χ4v) is 7.50. The Balaban J connectivity index is 1.33. The standard InChI is InChI=1S/C36H43N3O6S/c1-23-11-10-12-24(2)31(23)45-20-29(41)37-21-36(44,18-17-25-13-6-5-7-14-25)34(43)39-22-46-35(3,4)32(39)33(42)38-30-27-16-9-8-15-26(27)19-28(30)40/h5-16,28,30,32,40,44H,17-22H2,1-4H3,(H,37,41)(H,38,42)/t28-,30+,32+,36+/m1/s1. The lowest BCUT2D eigenvalue weighted by molar-refractivity contribution is -0.156. The van der Waals surface area contributed by atoms with Gasteiger partial charge in [0, 0.05) is 11.2 Å². The molecule has 0 unspecified atom stereocenters. The van der Waals surface area contributed by atoms with Gasteiger partial charge >= 0.3 is 0 Å². The van der Waals surface area contributed by atoms with Gasteiger partial charge in [-0.25, -0.2) is 0 Å². The SMILES string of the molecule is Cc1cccc(C)c1OCC(=O)NC[C@@](O)(CCc1ccccc1)C(=O)N1CSC(C)(C)[C@@H]1C(=O)N[C@H]1c2ccccc2C[C@H]1O. The lowest BCUT2D eigenvalue weighted by Gasteiger charge is -2.37. The van der Waals surface area contributed by atoms with Crippen molar-refractivity contribution in [3.8, 4) is 5.75 Å². The lowest BCUT2D eigenvalue weighted by Crippen LogP contribution is -2.61. The van der Waals surface area contributed by atoms with E-state index in [-0.39, 0.29) is 25.4 Å². The molecule has 5 rings (SSSR count). The number of amides is 3. The summed E-state index contributed by atoms with van der Waals surface area (Å²) in [6.45, 7) is 6.95. The summed E-state index contributed by atoms with van der Waals surface area (Å²) in [5.74, 6) is -0.711. The fraction of sp³-hybridized carbons (Fsp3) is 0.417. The summed E-state index contributed by atoms with van der Waals surface area (Å²) in [7, 11) is 0. The molecule has 0 saturated carbocycles. The number of nitrogens with one attached hydrogen (secondary N) is 2. The number of benzene rings is 3. The molecule has 3 aromatic carbocycles. The van der Waals surface area contributed by atoms with Gasteiger partial charge in [0.15, 0.2) is 12.2 Å². The van der Waals surface area contributed by atoms with Crippen LogP contribution < -0.4 is 15.4 Å². The van der Waals surface area contributed by atoms with Gasteiger partial charge in [-0.05, 0) is 68.4 Å². The zero-order chi connectivity index (χ0) is 33.1. The van der Waals surface area contributed by atoms with Crippen LogP contribution in [0.2, 0.25) is 0 Å². The molecule has 244 valence electrons. The van der Waals surface area contributed by atoms with E-state index >= 15 is 0 Å². The van der Waals surface area contributed by atoms with Crippen molar-refractivity contribution < 1.29 is 29.3 Å². The van der Waals surface area contributed by atoms with Gasteiger partial charge < -0.3 is 30.5 Å². The normalized spacial score (nSPS) is 21.3. The largest absolute Gasteiger partial charge is 0.483 e. The summed E-state index contributed by atoms with van der Waals surface area (Å²) in [5, 5.41) is 28.5. The van der Waals surface area contributed by atoms with Crippen LogP contribution in [0.1, 0.15) is 54.1 Å². The highest BCUT2D eigenvalue weighted by molar-refractivity contribution is 8.00. The van der Waals surface area contributed by atoms with Crippen molar-refractivity contribution in [1.29, 1.82) is 0 Å². The minimum Gasteiger partial charge on any atom is -0.483 e. The Bertz CT molecular complexity index is 1560. The first-order valence-corrected chi connectivity index (χ1v) is 16.6. The molecule has 1 fully saturated rings. The number of aliphatic hydroxyl groups excluding tert-OH is 1. The van der Waals surface area contributed by atoms with E-state index in [1.165, 1.54) is 16.7 Å². The number of aryl methyl sites for hydroxylation is 3. The first kappa shape index (κ1) is 33.5. The Kier molecular flexibility index (Phi) is 10.1. The predicted octanol–water partition coefficient (Wildman–Crippen LogP) is 3.62. The number of thioether (sulfide) groups is 1. The molecule has 0 radical (unpaired) electrons. The Morgan fingerprint density at radius 1 is 1.00 bits per heavy atom. The molecule has 2 aliphatic rings. The van der Waals surface area contributed by atoms with E-state index < -0.39 is 46.3 Å². The summed E-state index contributed by atoms with van der Waals surface area (Å²) in [4.78, 5) is 42.6. The molecule has 1 aliphatic heterocycles. The van der Waals surface area contributed by atoms with Crippen LogP contribution in [0.3, 0.4) is 0 Å². The van der Waals surface area contributed by atoms with Crippen molar-refractivity contribution in [2.75, 3.05) is 19.0 Å². The zero-order valence-electron chi connectivity index (χ0n) is 26.8. The summed E-state index contributed by atoms with van der Waals surface area (Å²) >= 11 is 1.44. The monoisotopic (exact) mass is 645 g/mol. The Morgan fingerprint density at radius 2 is 1.67 bits per heavy atom. The number of para-hydroxylation sites is 1. The molecule has 3 aromatic rings. The molecule has 4 N–H and O–H groups in total. The van der Waals surface area contributed by atoms with Crippen molar-refractivity contribution in [3.05, 3.63) is 101 Å².